The SMILES string of the molecule is CC(=O)C1NS(=O)(=O)c2cc(Cl)ccc2C1=O. The number of halogens is 1. The molecule has 1 aromatic carbocycles. The number of hydrogen-bond acceptors (Lipinski definition) is 4. The first-order valence-electron chi connectivity index (χ1n) is 4.69. The lowest BCUT2D eigenvalue weighted by molar-refractivity contribution is -0.117. The molecule has 1 aliphatic heterocycles. The van der Waals surface area contributed by atoms with Crippen molar-refractivity contribution >= 4 is 33.2 Å². The first-order valence-corrected chi connectivity index (χ1v) is 6.55. The summed E-state index contributed by atoms with van der Waals surface area (Å²) in [7, 11) is -3.87. The van der Waals surface area contributed by atoms with Crippen molar-refractivity contribution in [2.24, 2.45) is 0 Å². The molecule has 1 aromatic rings. The van der Waals surface area contributed by atoms with E-state index < -0.39 is 27.6 Å². The van der Waals surface area contributed by atoms with Crippen LogP contribution >= 0.6 is 11.6 Å². The van der Waals surface area contributed by atoms with Gasteiger partial charge in [-0.05, 0) is 25.1 Å². The Morgan fingerprint density at radius 2 is 2.06 bits per heavy atom. The highest BCUT2D eigenvalue weighted by Gasteiger charge is 2.38. The largest absolute Gasteiger partial charge is 0.298 e. The summed E-state index contributed by atoms with van der Waals surface area (Å²) in [6.07, 6.45) is 0. The molecule has 0 fully saturated rings. The van der Waals surface area contributed by atoms with Gasteiger partial charge in [0.05, 0.1) is 4.90 Å². The summed E-state index contributed by atoms with van der Waals surface area (Å²) in [6.45, 7) is 1.16. The molecule has 1 atom stereocenters. The van der Waals surface area contributed by atoms with Gasteiger partial charge in [-0.1, -0.05) is 11.6 Å². The van der Waals surface area contributed by atoms with Crippen LogP contribution in [0.25, 0.3) is 0 Å². The molecule has 17 heavy (non-hydrogen) atoms. The second kappa shape index (κ2) is 3.90. The minimum Gasteiger partial charge on any atom is -0.298 e. The number of rotatable bonds is 1. The zero-order chi connectivity index (χ0) is 12.8. The van der Waals surface area contributed by atoms with Gasteiger partial charge in [0.25, 0.3) is 0 Å². The summed E-state index contributed by atoms with van der Waals surface area (Å²) >= 11 is 5.68. The van der Waals surface area contributed by atoms with Gasteiger partial charge in [-0.25, -0.2) is 8.42 Å². The normalized spacial score (nSPS) is 22.0. The Morgan fingerprint density at radius 3 is 2.65 bits per heavy atom. The number of hydrogen-bond donors (Lipinski definition) is 1. The maximum Gasteiger partial charge on any atom is 0.242 e. The predicted octanol–water partition coefficient (Wildman–Crippen LogP) is 0.772. The molecule has 1 aliphatic rings. The Bertz CT molecular complexity index is 623. The highest BCUT2D eigenvalue weighted by molar-refractivity contribution is 7.89. The molecule has 0 aliphatic carbocycles. The summed E-state index contributed by atoms with van der Waals surface area (Å²) < 4.78 is 25.7. The van der Waals surface area contributed by atoms with Crippen molar-refractivity contribution in [2.75, 3.05) is 0 Å². The van der Waals surface area contributed by atoms with E-state index >= 15 is 0 Å². The maximum absolute atomic E-state index is 11.9. The second-order valence-electron chi connectivity index (χ2n) is 3.67. The number of carbonyl (C=O) groups is 2. The zero-order valence-electron chi connectivity index (χ0n) is 8.73. The molecule has 0 saturated heterocycles. The average molecular weight is 274 g/mol. The van der Waals surface area contributed by atoms with Gasteiger partial charge >= 0.3 is 0 Å². The zero-order valence-corrected chi connectivity index (χ0v) is 10.3. The molecule has 0 aromatic heterocycles. The van der Waals surface area contributed by atoms with Crippen molar-refractivity contribution in [1.82, 2.24) is 4.72 Å². The minimum atomic E-state index is -3.87. The molecule has 1 N–H and O–H groups in total. The number of ketones is 2. The second-order valence-corrected chi connectivity index (χ2v) is 5.79. The van der Waals surface area contributed by atoms with Crippen LogP contribution in [0.3, 0.4) is 0 Å². The van der Waals surface area contributed by atoms with E-state index in [9.17, 15) is 18.0 Å². The van der Waals surface area contributed by atoms with E-state index in [2.05, 4.69) is 0 Å². The summed E-state index contributed by atoms with van der Waals surface area (Å²) in [4.78, 5) is 22.9. The van der Waals surface area contributed by atoms with E-state index in [1.165, 1.54) is 18.2 Å². The van der Waals surface area contributed by atoms with Crippen molar-refractivity contribution in [2.45, 2.75) is 17.9 Å². The fourth-order valence-electron chi connectivity index (χ4n) is 1.62. The lowest BCUT2D eigenvalue weighted by atomic mass is 10.0. The van der Waals surface area contributed by atoms with Gasteiger partial charge in [-0.15, -0.1) is 0 Å². The third-order valence-electron chi connectivity index (χ3n) is 2.44. The Morgan fingerprint density at radius 1 is 1.41 bits per heavy atom. The molecule has 2 rings (SSSR count). The molecule has 1 heterocycles. The van der Waals surface area contributed by atoms with Crippen LogP contribution in [0, 0.1) is 0 Å². The molecule has 7 heteroatoms. The van der Waals surface area contributed by atoms with Gasteiger partial charge in [-0.3, -0.25) is 9.59 Å². The van der Waals surface area contributed by atoms with Crippen LogP contribution in [-0.2, 0) is 14.8 Å². The Kier molecular flexibility index (Phi) is 2.81. The molecule has 90 valence electrons. The number of Topliss-reactive ketones (excluding diaryl/α,β-unsaturated/α-hetero) is 2. The van der Waals surface area contributed by atoms with E-state index in [1.807, 2.05) is 4.72 Å². The van der Waals surface area contributed by atoms with Crippen molar-refractivity contribution in [3.8, 4) is 0 Å². The van der Waals surface area contributed by atoms with Crippen molar-refractivity contribution in [3.05, 3.63) is 28.8 Å². The standard InChI is InChI=1S/C10H8ClNO4S/c1-5(13)9-10(14)7-3-2-6(11)4-8(7)17(15,16)12-9/h2-4,9,12H,1H3. The van der Waals surface area contributed by atoms with Gasteiger partial charge in [-0.2, -0.15) is 4.72 Å². The fourth-order valence-corrected chi connectivity index (χ4v) is 3.30. The van der Waals surface area contributed by atoms with Gasteiger partial charge in [0, 0.05) is 10.6 Å². The van der Waals surface area contributed by atoms with Crippen LogP contribution in [0.5, 0.6) is 0 Å². The number of fused-ring (bicyclic) bond motifs is 1. The number of nitrogens with one attached hydrogen (secondary N) is 1. The predicted molar refractivity (Wildman–Crippen MR) is 60.6 cm³/mol. The first-order chi connectivity index (χ1) is 7.83. The van der Waals surface area contributed by atoms with Crippen LogP contribution in [0.1, 0.15) is 17.3 Å². The molecule has 0 saturated carbocycles. The van der Waals surface area contributed by atoms with Crippen LogP contribution in [-0.4, -0.2) is 26.0 Å². The monoisotopic (exact) mass is 273 g/mol. The lowest BCUT2D eigenvalue weighted by Gasteiger charge is -2.22. The summed E-state index contributed by atoms with van der Waals surface area (Å²) in [6, 6.07) is 2.58. The lowest BCUT2D eigenvalue weighted by Crippen LogP contribution is -2.49. The minimum absolute atomic E-state index is 0.00616. The molecule has 0 spiro atoms. The number of benzene rings is 1. The third-order valence-corrected chi connectivity index (χ3v) is 4.14. The maximum atomic E-state index is 11.9. The first kappa shape index (κ1) is 12.2. The van der Waals surface area contributed by atoms with Gasteiger partial charge in [0.2, 0.25) is 10.0 Å². The van der Waals surface area contributed by atoms with Crippen molar-refractivity contribution in [1.29, 1.82) is 0 Å². The van der Waals surface area contributed by atoms with Gasteiger partial charge in [0.1, 0.15) is 6.04 Å². The molecule has 0 radical (unpaired) electrons. The third kappa shape index (κ3) is 1.99. The summed E-state index contributed by atoms with van der Waals surface area (Å²) in [5, 5.41) is 0.211. The van der Waals surface area contributed by atoms with Crippen molar-refractivity contribution in [3.63, 3.8) is 0 Å². The average Bonchev–Trinajstić information content (AvgIpc) is 2.23. The Hall–Kier alpha value is -1.24. The highest BCUT2D eigenvalue weighted by Crippen LogP contribution is 2.26. The van der Waals surface area contributed by atoms with E-state index in [-0.39, 0.29) is 15.5 Å². The van der Waals surface area contributed by atoms with E-state index in [4.69, 9.17) is 11.6 Å². The van der Waals surface area contributed by atoms with Crippen LogP contribution in [0.15, 0.2) is 23.1 Å². The topological polar surface area (TPSA) is 80.3 Å². The van der Waals surface area contributed by atoms with Crippen LogP contribution in [0.2, 0.25) is 5.02 Å². The molecular weight excluding hydrogens is 266 g/mol. The molecule has 0 amide bonds. The van der Waals surface area contributed by atoms with Crippen LogP contribution in [0.4, 0.5) is 0 Å². The molecule has 5 nitrogen and oxygen atoms in total. The fraction of sp³-hybridized carbons (Fsp3) is 0.200. The van der Waals surface area contributed by atoms with E-state index in [0.717, 1.165) is 6.92 Å². The molecule has 0 bridgehead atoms. The Balaban J connectivity index is 2.70. The molecule has 1 unspecified atom stereocenters. The van der Waals surface area contributed by atoms with E-state index in [0.29, 0.717) is 0 Å². The molecular formula is C10H8ClNO4S. The van der Waals surface area contributed by atoms with Gasteiger partial charge < -0.3 is 0 Å². The summed E-state index contributed by atoms with van der Waals surface area (Å²) in [5.41, 5.74) is -0.00616. The quantitative estimate of drug-likeness (QED) is 0.767. The van der Waals surface area contributed by atoms with Crippen LogP contribution < -0.4 is 4.72 Å². The Labute approximate surface area is 103 Å². The smallest absolute Gasteiger partial charge is 0.242 e. The van der Waals surface area contributed by atoms with E-state index in [1.54, 1.807) is 0 Å². The van der Waals surface area contributed by atoms with Crippen molar-refractivity contribution < 1.29 is 18.0 Å². The number of sulfonamides is 1. The van der Waals surface area contributed by atoms with Gasteiger partial charge in [0.15, 0.2) is 11.6 Å². The summed E-state index contributed by atoms with van der Waals surface area (Å²) in [5.74, 6) is -1.10. The highest BCUT2D eigenvalue weighted by atomic mass is 35.5. The number of carbonyl (C=O) groups excluding carboxylic acids is 2.